The SMILES string of the molecule is CCOC(c1ccccc1)C(N)Cc1cc(F)ccc1F. The van der Waals surface area contributed by atoms with Crippen LogP contribution < -0.4 is 5.73 Å². The summed E-state index contributed by atoms with van der Waals surface area (Å²) in [4.78, 5) is 0. The first-order chi connectivity index (χ1) is 10.1. The summed E-state index contributed by atoms with van der Waals surface area (Å²) in [5.41, 5.74) is 7.37. The molecule has 2 N–H and O–H groups in total. The molecule has 0 saturated carbocycles. The van der Waals surface area contributed by atoms with Crippen molar-refractivity contribution in [3.05, 3.63) is 71.3 Å². The number of hydrogen-bond acceptors (Lipinski definition) is 2. The van der Waals surface area contributed by atoms with E-state index in [2.05, 4.69) is 0 Å². The molecule has 4 heteroatoms. The maximum Gasteiger partial charge on any atom is 0.126 e. The van der Waals surface area contributed by atoms with Gasteiger partial charge in [0.25, 0.3) is 0 Å². The second-order valence-electron chi connectivity index (χ2n) is 4.89. The van der Waals surface area contributed by atoms with E-state index in [1.54, 1.807) is 0 Å². The van der Waals surface area contributed by atoms with Gasteiger partial charge in [0.1, 0.15) is 11.6 Å². The zero-order chi connectivity index (χ0) is 15.2. The van der Waals surface area contributed by atoms with Crippen LogP contribution in [0.5, 0.6) is 0 Å². The highest BCUT2D eigenvalue weighted by Crippen LogP contribution is 2.23. The third-order valence-electron chi connectivity index (χ3n) is 3.33. The van der Waals surface area contributed by atoms with Crippen molar-refractivity contribution in [1.82, 2.24) is 0 Å². The lowest BCUT2D eigenvalue weighted by molar-refractivity contribution is 0.0431. The van der Waals surface area contributed by atoms with E-state index in [1.165, 1.54) is 6.07 Å². The summed E-state index contributed by atoms with van der Waals surface area (Å²) >= 11 is 0. The van der Waals surface area contributed by atoms with Crippen molar-refractivity contribution >= 4 is 0 Å². The van der Waals surface area contributed by atoms with Crippen LogP contribution in [-0.2, 0) is 11.2 Å². The van der Waals surface area contributed by atoms with E-state index in [-0.39, 0.29) is 18.1 Å². The molecule has 2 rings (SSSR count). The maximum atomic E-state index is 13.7. The van der Waals surface area contributed by atoms with Crippen molar-refractivity contribution in [3.8, 4) is 0 Å². The van der Waals surface area contributed by atoms with Crippen molar-refractivity contribution in [3.63, 3.8) is 0 Å². The Morgan fingerprint density at radius 3 is 2.48 bits per heavy atom. The summed E-state index contributed by atoms with van der Waals surface area (Å²) in [6, 6.07) is 12.5. The molecular weight excluding hydrogens is 272 g/mol. The van der Waals surface area contributed by atoms with Gasteiger partial charge in [0.15, 0.2) is 0 Å². The molecule has 0 amide bonds. The van der Waals surface area contributed by atoms with Crippen LogP contribution in [0.4, 0.5) is 8.78 Å². The summed E-state index contributed by atoms with van der Waals surface area (Å²) in [6.45, 7) is 2.38. The van der Waals surface area contributed by atoms with Gasteiger partial charge in [-0.25, -0.2) is 8.78 Å². The van der Waals surface area contributed by atoms with Gasteiger partial charge >= 0.3 is 0 Å². The molecule has 0 aliphatic rings. The van der Waals surface area contributed by atoms with Gasteiger partial charge in [0.2, 0.25) is 0 Å². The molecule has 0 radical (unpaired) electrons. The van der Waals surface area contributed by atoms with E-state index in [1.807, 2.05) is 37.3 Å². The van der Waals surface area contributed by atoms with E-state index >= 15 is 0 Å². The Balaban J connectivity index is 2.19. The van der Waals surface area contributed by atoms with Crippen molar-refractivity contribution in [2.75, 3.05) is 6.61 Å². The molecular formula is C17H19F2NO. The molecule has 0 saturated heterocycles. The van der Waals surface area contributed by atoms with Crippen molar-refractivity contribution < 1.29 is 13.5 Å². The zero-order valence-electron chi connectivity index (χ0n) is 11.9. The minimum absolute atomic E-state index is 0.211. The van der Waals surface area contributed by atoms with Crippen LogP contribution in [0.3, 0.4) is 0 Å². The Kier molecular flexibility index (Phi) is 5.42. The maximum absolute atomic E-state index is 13.7. The van der Waals surface area contributed by atoms with Gasteiger partial charge < -0.3 is 10.5 Å². The number of halogens is 2. The predicted octanol–water partition coefficient (Wildman–Crippen LogP) is 3.61. The van der Waals surface area contributed by atoms with Crippen LogP contribution >= 0.6 is 0 Å². The van der Waals surface area contributed by atoms with E-state index in [4.69, 9.17) is 10.5 Å². The first kappa shape index (κ1) is 15.6. The standard InChI is InChI=1S/C17H19F2NO/c1-2-21-17(12-6-4-3-5-7-12)16(20)11-13-10-14(18)8-9-15(13)19/h3-10,16-17H,2,11,20H2,1H3. The number of nitrogens with two attached hydrogens (primary N) is 1. The Morgan fingerprint density at radius 2 is 1.81 bits per heavy atom. The van der Waals surface area contributed by atoms with Crippen LogP contribution in [0.1, 0.15) is 24.2 Å². The van der Waals surface area contributed by atoms with Gasteiger partial charge in [-0.3, -0.25) is 0 Å². The molecule has 2 aromatic rings. The average molecular weight is 291 g/mol. The topological polar surface area (TPSA) is 35.2 Å². The number of benzene rings is 2. The van der Waals surface area contributed by atoms with Crippen molar-refractivity contribution in [2.45, 2.75) is 25.5 Å². The molecule has 0 aliphatic heterocycles. The molecule has 0 fully saturated rings. The molecule has 0 aromatic heterocycles. The molecule has 2 unspecified atom stereocenters. The van der Waals surface area contributed by atoms with Gasteiger partial charge in [-0.2, -0.15) is 0 Å². The van der Waals surface area contributed by atoms with Gasteiger partial charge in [0, 0.05) is 12.6 Å². The van der Waals surface area contributed by atoms with Crippen LogP contribution in [0.25, 0.3) is 0 Å². The molecule has 0 aliphatic carbocycles. The van der Waals surface area contributed by atoms with Gasteiger partial charge in [-0.1, -0.05) is 30.3 Å². The molecule has 0 heterocycles. The molecule has 0 bridgehead atoms. The molecule has 21 heavy (non-hydrogen) atoms. The quantitative estimate of drug-likeness (QED) is 0.882. The fraction of sp³-hybridized carbons (Fsp3) is 0.294. The van der Waals surface area contributed by atoms with E-state index in [0.29, 0.717) is 6.61 Å². The monoisotopic (exact) mass is 291 g/mol. The summed E-state index contributed by atoms with van der Waals surface area (Å²) in [6.07, 6.45) is -0.137. The lowest BCUT2D eigenvalue weighted by Gasteiger charge is -2.24. The van der Waals surface area contributed by atoms with E-state index in [9.17, 15) is 8.78 Å². The smallest absolute Gasteiger partial charge is 0.126 e. The molecule has 0 spiro atoms. The lowest BCUT2D eigenvalue weighted by atomic mass is 9.96. The molecule has 2 aromatic carbocycles. The van der Waals surface area contributed by atoms with E-state index < -0.39 is 17.7 Å². The summed E-state index contributed by atoms with van der Waals surface area (Å²) in [5, 5.41) is 0. The largest absolute Gasteiger partial charge is 0.372 e. The molecule has 2 atom stereocenters. The zero-order valence-corrected chi connectivity index (χ0v) is 11.9. The second-order valence-corrected chi connectivity index (χ2v) is 4.89. The van der Waals surface area contributed by atoms with Gasteiger partial charge in [0.05, 0.1) is 6.10 Å². The van der Waals surface area contributed by atoms with Crippen molar-refractivity contribution in [2.24, 2.45) is 5.73 Å². The number of hydrogen-bond donors (Lipinski definition) is 1. The third kappa shape index (κ3) is 4.09. The summed E-state index contributed by atoms with van der Waals surface area (Å²) in [7, 11) is 0. The Hall–Kier alpha value is -1.78. The first-order valence-electron chi connectivity index (χ1n) is 6.98. The number of rotatable bonds is 6. The average Bonchev–Trinajstić information content (AvgIpc) is 2.49. The van der Waals surface area contributed by atoms with Gasteiger partial charge in [-0.05, 0) is 42.7 Å². The first-order valence-corrected chi connectivity index (χ1v) is 6.98. The highest BCUT2D eigenvalue weighted by atomic mass is 19.1. The highest BCUT2D eigenvalue weighted by molar-refractivity contribution is 5.23. The minimum atomic E-state index is -0.466. The predicted molar refractivity (Wildman–Crippen MR) is 78.8 cm³/mol. The van der Waals surface area contributed by atoms with Crippen LogP contribution in [0, 0.1) is 11.6 Å². The van der Waals surface area contributed by atoms with Crippen molar-refractivity contribution in [1.29, 1.82) is 0 Å². The van der Waals surface area contributed by atoms with Crippen LogP contribution in [-0.4, -0.2) is 12.6 Å². The third-order valence-corrected chi connectivity index (χ3v) is 3.33. The summed E-state index contributed by atoms with van der Waals surface area (Å²) in [5.74, 6) is -0.915. The molecule has 2 nitrogen and oxygen atoms in total. The Bertz CT molecular complexity index is 574. The Labute approximate surface area is 123 Å². The van der Waals surface area contributed by atoms with Crippen LogP contribution in [0.2, 0.25) is 0 Å². The van der Waals surface area contributed by atoms with E-state index in [0.717, 1.165) is 17.7 Å². The normalized spacial score (nSPS) is 13.9. The van der Waals surface area contributed by atoms with Crippen LogP contribution in [0.15, 0.2) is 48.5 Å². The second kappa shape index (κ2) is 7.29. The molecule has 112 valence electrons. The summed E-state index contributed by atoms with van der Waals surface area (Å²) < 4.78 is 32.6. The minimum Gasteiger partial charge on any atom is -0.372 e. The fourth-order valence-corrected chi connectivity index (χ4v) is 2.35. The lowest BCUT2D eigenvalue weighted by Crippen LogP contribution is -2.33. The Morgan fingerprint density at radius 1 is 1.10 bits per heavy atom. The van der Waals surface area contributed by atoms with Gasteiger partial charge in [-0.15, -0.1) is 0 Å². The highest BCUT2D eigenvalue weighted by Gasteiger charge is 2.21. The number of ether oxygens (including phenoxy) is 1. The fourth-order valence-electron chi connectivity index (χ4n) is 2.35.